The lowest BCUT2D eigenvalue weighted by Crippen LogP contribution is -2.29. The molecule has 0 saturated carbocycles. The first kappa shape index (κ1) is 28.6. The van der Waals surface area contributed by atoms with Gasteiger partial charge in [0.1, 0.15) is 5.75 Å². The van der Waals surface area contributed by atoms with Crippen molar-refractivity contribution >= 4 is 23.0 Å². The van der Waals surface area contributed by atoms with Crippen LogP contribution in [0.3, 0.4) is 0 Å². The lowest BCUT2D eigenvalue weighted by molar-refractivity contribution is -0.118. The minimum atomic E-state index is -0.257. The SMILES string of the molecule is C/C=C(/C(=O)[C@@H]1COc2ccc(Cl)cc2C1)c1cnc(-c2cn[nH]c2CC)cc1C(C)CC.CCCC. The molecular formula is C31H40ClN3O2. The number of ketones is 1. The van der Waals surface area contributed by atoms with Crippen LogP contribution in [-0.4, -0.2) is 27.6 Å². The van der Waals surface area contributed by atoms with Gasteiger partial charge >= 0.3 is 0 Å². The Morgan fingerprint density at radius 2 is 1.95 bits per heavy atom. The highest BCUT2D eigenvalue weighted by Gasteiger charge is 2.30. The number of allylic oxidation sites excluding steroid dienone is 2. The van der Waals surface area contributed by atoms with Crippen LogP contribution in [-0.2, 0) is 17.6 Å². The Morgan fingerprint density at radius 3 is 2.59 bits per heavy atom. The second kappa shape index (κ2) is 13.6. The Labute approximate surface area is 226 Å². The van der Waals surface area contributed by atoms with Gasteiger partial charge in [-0.3, -0.25) is 14.9 Å². The summed E-state index contributed by atoms with van der Waals surface area (Å²) in [4.78, 5) is 18.4. The third-order valence-corrected chi connectivity index (χ3v) is 7.31. The van der Waals surface area contributed by atoms with Crippen molar-refractivity contribution < 1.29 is 9.53 Å². The molecule has 0 radical (unpaired) electrons. The van der Waals surface area contributed by atoms with Crippen LogP contribution >= 0.6 is 11.6 Å². The summed E-state index contributed by atoms with van der Waals surface area (Å²) < 4.78 is 5.90. The van der Waals surface area contributed by atoms with Crippen molar-refractivity contribution in [3.05, 3.63) is 70.1 Å². The fraction of sp³-hybridized carbons (Fsp3) is 0.452. The van der Waals surface area contributed by atoms with Gasteiger partial charge in [-0.15, -0.1) is 0 Å². The van der Waals surface area contributed by atoms with Crippen molar-refractivity contribution in [2.45, 2.75) is 79.6 Å². The van der Waals surface area contributed by atoms with Crippen molar-refractivity contribution in [2.24, 2.45) is 5.92 Å². The van der Waals surface area contributed by atoms with Gasteiger partial charge in [0.15, 0.2) is 5.78 Å². The van der Waals surface area contributed by atoms with Crippen LogP contribution in [0.2, 0.25) is 5.02 Å². The molecule has 37 heavy (non-hydrogen) atoms. The number of aromatic nitrogens is 3. The van der Waals surface area contributed by atoms with E-state index in [1.54, 1.807) is 0 Å². The van der Waals surface area contributed by atoms with E-state index >= 15 is 0 Å². The summed E-state index contributed by atoms with van der Waals surface area (Å²) in [5.41, 5.74) is 6.66. The summed E-state index contributed by atoms with van der Waals surface area (Å²) in [6.07, 6.45) is 10.7. The van der Waals surface area contributed by atoms with Crippen LogP contribution < -0.4 is 4.74 Å². The highest BCUT2D eigenvalue weighted by Crippen LogP contribution is 2.36. The topological polar surface area (TPSA) is 67.9 Å². The molecule has 5 nitrogen and oxygen atoms in total. The summed E-state index contributed by atoms with van der Waals surface area (Å²) in [7, 11) is 0. The van der Waals surface area contributed by atoms with Crippen LogP contribution in [0.25, 0.3) is 16.8 Å². The molecule has 198 valence electrons. The number of fused-ring (bicyclic) bond motifs is 1. The zero-order valence-electron chi connectivity index (χ0n) is 23.0. The Bertz CT molecular complexity index is 1230. The number of H-pyrrole nitrogens is 1. The number of benzene rings is 1. The highest BCUT2D eigenvalue weighted by atomic mass is 35.5. The van der Waals surface area contributed by atoms with E-state index in [2.05, 4.69) is 50.9 Å². The normalized spacial score (nSPS) is 15.8. The van der Waals surface area contributed by atoms with E-state index < -0.39 is 0 Å². The van der Waals surface area contributed by atoms with Gasteiger partial charge in [0.25, 0.3) is 0 Å². The number of unbranched alkanes of at least 4 members (excludes halogenated alkanes) is 1. The third kappa shape index (κ3) is 6.70. The van der Waals surface area contributed by atoms with Gasteiger partial charge in [0, 0.05) is 33.6 Å². The van der Waals surface area contributed by atoms with Crippen molar-refractivity contribution in [3.8, 4) is 17.0 Å². The summed E-state index contributed by atoms with van der Waals surface area (Å²) in [6, 6.07) is 7.70. The first-order valence-corrected chi connectivity index (χ1v) is 13.9. The molecule has 3 aromatic rings. The number of nitrogens with zero attached hydrogens (tertiary/aromatic N) is 2. The lowest BCUT2D eigenvalue weighted by Gasteiger charge is -2.26. The van der Waals surface area contributed by atoms with Gasteiger partial charge in [-0.05, 0) is 67.5 Å². The zero-order chi connectivity index (χ0) is 26.9. The monoisotopic (exact) mass is 521 g/mol. The molecule has 1 unspecified atom stereocenters. The smallest absolute Gasteiger partial charge is 0.170 e. The van der Waals surface area contributed by atoms with Crippen molar-refractivity contribution in [1.29, 1.82) is 0 Å². The molecule has 0 spiro atoms. The average molecular weight is 522 g/mol. The maximum atomic E-state index is 13.7. The Hall–Kier alpha value is -2.92. The number of hydrogen-bond donors (Lipinski definition) is 1. The quantitative estimate of drug-likeness (QED) is 0.303. The van der Waals surface area contributed by atoms with Gasteiger partial charge in [-0.2, -0.15) is 5.10 Å². The van der Waals surface area contributed by atoms with E-state index in [-0.39, 0.29) is 17.6 Å². The first-order chi connectivity index (χ1) is 17.9. The van der Waals surface area contributed by atoms with Crippen LogP contribution in [0, 0.1) is 5.92 Å². The van der Waals surface area contributed by atoms with E-state index in [4.69, 9.17) is 21.3 Å². The molecule has 1 aliphatic heterocycles. The first-order valence-electron chi connectivity index (χ1n) is 13.5. The highest BCUT2D eigenvalue weighted by molar-refractivity contribution is 6.30. The number of aromatic amines is 1. The minimum Gasteiger partial charge on any atom is -0.493 e. The molecule has 6 heteroatoms. The minimum absolute atomic E-state index is 0.0831. The van der Waals surface area contributed by atoms with Crippen LogP contribution in [0.15, 0.2) is 42.7 Å². The summed E-state index contributed by atoms with van der Waals surface area (Å²) >= 11 is 6.17. The number of rotatable bonds is 8. The van der Waals surface area contributed by atoms with E-state index in [1.807, 2.05) is 43.6 Å². The van der Waals surface area contributed by atoms with Crippen LogP contribution in [0.1, 0.15) is 89.1 Å². The van der Waals surface area contributed by atoms with Gasteiger partial charge in [0.2, 0.25) is 0 Å². The summed E-state index contributed by atoms with van der Waals surface area (Å²) in [5, 5.41) is 7.91. The Balaban J connectivity index is 0.000000886. The van der Waals surface area contributed by atoms with Crippen molar-refractivity contribution in [1.82, 2.24) is 15.2 Å². The maximum Gasteiger partial charge on any atom is 0.170 e. The number of carbonyl (C=O) groups is 1. The molecule has 1 aliphatic rings. The standard InChI is InChI=1S/C27H30ClN3O2.C4H10/c1-5-16(4)21-12-25(23-14-30-31-24(23)7-3)29-13-22(21)20(6-2)27(32)18-10-17-11-19(28)8-9-26(17)33-15-18;1-3-4-2/h6,8-9,11-14,16,18H,5,7,10,15H2,1-4H3,(H,30,31);3-4H2,1-2H3/b20-6+;/t16?,18-;/m0./s1. The molecule has 1 N–H and O–H groups in total. The van der Waals surface area contributed by atoms with Gasteiger partial charge in [0.05, 0.1) is 24.4 Å². The van der Waals surface area contributed by atoms with Crippen molar-refractivity contribution in [2.75, 3.05) is 6.61 Å². The van der Waals surface area contributed by atoms with Crippen molar-refractivity contribution in [3.63, 3.8) is 0 Å². The zero-order valence-corrected chi connectivity index (χ0v) is 23.8. The van der Waals surface area contributed by atoms with E-state index in [1.165, 1.54) is 12.8 Å². The molecule has 2 atom stereocenters. The molecule has 0 bridgehead atoms. The summed E-state index contributed by atoms with van der Waals surface area (Å²) in [6.45, 7) is 13.1. The number of pyridine rings is 1. The Morgan fingerprint density at radius 1 is 1.19 bits per heavy atom. The third-order valence-electron chi connectivity index (χ3n) is 7.07. The molecule has 4 rings (SSSR count). The van der Waals surface area contributed by atoms with Gasteiger partial charge < -0.3 is 4.74 Å². The number of ether oxygens (including phenoxy) is 1. The van der Waals surface area contributed by atoms with Crippen LogP contribution in [0.5, 0.6) is 5.75 Å². The number of nitrogens with one attached hydrogen (secondary N) is 1. The molecule has 0 aliphatic carbocycles. The van der Waals surface area contributed by atoms with Crippen LogP contribution in [0.4, 0.5) is 0 Å². The van der Waals surface area contributed by atoms with E-state index in [0.717, 1.165) is 52.2 Å². The fourth-order valence-electron chi connectivity index (χ4n) is 4.46. The molecule has 0 amide bonds. The second-order valence-electron chi connectivity index (χ2n) is 9.61. The molecule has 1 aromatic carbocycles. The number of carbonyl (C=O) groups excluding carboxylic acids is 1. The molecular weight excluding hydrogens is 482 g/mol. The van der Waals surface area contributed by atoms with E-state index in [9.17, 15) is 4.79 Å². The number of aryl methyl sites for hydroxylation is 1. The predicted molar refractivity (Wildman–Crippen MR) is 153 cm³/mol. The lowest BCUT2D eigenvalue weighted by atomic mass is 9.83. The molecule has 3 heterocycles. The number of halogens is 1. The van der Waals surface area contributed by atoms with Gasteiger partial charge in [-0.25, -0.2) is 0 Å². The molecule has 2 aromatic heterocycles. The number of hydrogen-bond acceptors (Lipinski definition) is 4. The maximum absolute atomic E-state index is 13.7. The fourth-order valence-corrected chi connectivity index (χ4v) is 4.65. The second-order valence-corrected chi connectivity index (χ2v) is 10.0. The largest absolute Gasteiger partial charge is 0.493 e. The van der Waals surface area contributed by atoms with E-state index in [0.29, 0.717) is 23.6 Å². The average Bonchev–Trinajstić information content (AvgIpc) is 3.41. The van der Waals surface area contributed by atoms with Gasteiger partial charge in [-0.1, -0.05) is 65.1 Å². The predicted octanol–water partition coefficient (Wildman–Crippen LogP) is 8.23. The molecule has 0 fully saturated rings. The Kier molecular flexibility index (Phi) is 10.5. The molecule has 0 saturated heterocycles. The summed E-state index contributed by atoms with van der Waals surface area (Å²) in [5.74, 6) is 0.916. The number of Topliss-reactive ketones (excluding diaryl/α,β-unsaturated/α-hetero) is 1.